The molecule has 0 aliphatic carbocycles. The molecule has 3 amide bonds. The predicted molar refractivity (Wildman–Crippen MR) is 130 cm³/mol. The van der Waals surface area contributed by atoms with Crippen LogP contribution in [0.25, 0.3) is 0 Å². The number of ether oxygens (including phenoxy) is 2. The first-order chi connectivity index (χ1) is 15.8. The standard InChI is InChI=1S/C24H31ClN4O4/c1-15-12-26-16(2)14-33-21-10-9-17(11-18(21)23(30)29(3)13-22(15)32-4)27-24(31)28-20-8-6-5-7-19(20)25/h5-11,15-16,22,26H,12-14H2,1-4H3,(H2,27,28,31)/t15-,16+,22-/m1/s1. The highest BCUT2D eigenvalue weighted by Gasteiger charge is 2.25. The summed E-state index contributed by atoms with van der Waals surface area (Å²) in [5.41, 5.74) is 1.31. The molecule has 3 atom stereocenters. The molecule has 0 bridgehead atoms. The number of hydrogen-bond donors (Lipinski definition) is 3. The first kappa shape index (κ1) is 24.8. The maximum atomic E-state index is 13.3. The fourth-order valence-electron chi connectivity index (χ4n) is 3.59. The number of urea groups is 1. The van der Waals surface area contributed by atoms with Crippen molar-refractivity contribution in [3.8, 4) is 5.75 Å². The summed E-state index contributed by atoms with van der Waals surface area (Å²) in [7, 11) is 3.39. The summed E-state index contributed by atoms with van der Waals surface area (Å²) in [6.07, 6.45) is -0.120. The molecule has 33 heavy (non-hydrogen) atoms. The number of fused-ring (bicyclic) bond motifs is 1. The molecule has 0 aromatic heterocycles. The Bertz CT molecular complexity index is 987. The van der Waals surface area contributed by atoms with Crippen molar-refractivity contribution < 1.29 is 19.1 Å². The van der Waals surface area contributed by atoms with E-state index in [0.29, 0.717) is 40.9 Å². The highest BCUT2D eigenvalue weighted by Crippen LogP contribution is 2.26. The Labute approximate surface area is 199 Å². The third-order valence-electron chi connectivity index (χ3n) is 5.60. The van der Waals surface area contributed by atoms with E-state index in [-0.39, 0.29) is 24.0 Å². The van der Waals surface area contributed by atoms with Crippen LogP contribution in [0.1, 0.15) is 24.2 Å². The van der Waals surface area contributed by atoms with Crippen molar-refractivity contribution in [1.29, 1.82) is 0 Å². The summed E-state index contributed by atoms with van der Waals surface area (Å²) in [6, 6.07) is 11.6. The number of halogens is 1. The fraction of sp³-hybridized carbons (Fsp3) is 0.417. The van der Waals surface area contributed by atoms with E-state index < -0.39 is 6.03 Å². The van der Waals surface area contributed by atoms with E-state index in [1.807, 2.05) is 6.92 Å². The Hall–Kier alpha value is -2.81. The molecule has 0 fully saturated rings. The van der Waals surface area contributed by atoms with Gasteiger partial charge < -0.3 is 30.3 Å². The third kappa shape index (κ3) is 6.60. The molecule has 1 heterocycles. The minimum Gasteiger partial charge on any atom is -0.491 e. The van der Waals surface area contributed by atoms with Crippen molar-refractivity contribution in [2.24, 2.45) is 5.92 Å². The van der Waals surface area contributed by atoms with E-state index in [4.69, 9.17) is 21.1 Å². The van der Waals surface area contributed by atoms with Gasteiger partial charge in [-0.2, -0.15) is 0 Å². The van der Waals surface area contributed by atoms with Gasteiger partial charge in [0.05, 0.1) is 22.4 Å². The lowest BCUT2D eigenvalue weighted by atomic mass is 10.0. The zero-order valence-corrected chi connectivity index (χ0v) is 20.1. The molecule has 0 saturated carbocycles. The molecule has 2 aromatic carbocycles. The summed E-state index contributed by atoms with van der Waals surface area (Å²) in [4.78, 5) is 27.4. The number of rotatable bonds is 3. The number of carbonyl (C=O) groups excluding carboxylic acids is 2. The van der Waals surface area contributed by atoms with E-state index in [0.717, 1.165) is 6.54 Å². The normalized spacial score (nSPS) is 21.8. The molecule has 0 saturated heterocycles. The number of anilines is 2. The van der Waals surface area contributed by atoms with Crippen molar-refractivity contribution in [3.63, 3.8) is 0 Å². The maximum Gasteiger partial charge on any atom is 0.323 e. The molecule has 3 N–H and O–H groups in total. The largest absolute Gasteiger partial charge is 0.491 e. The Balaban J connectivity index is 1.83. The van der Waals surface area contributed by atoms with Crippen LogP contribution in [-0.2, 0) is 4.74 Å². The minimum atomic E-state index is -0.469. The molecular formula is C24H31ClN4O4. The van der Waals surface area contributed by atoms with E-state index >= 15 is 0 Å². The number of nitrogens with zero attached hydrogens (tertiary/aromatic N) is 1. The molecule has 8 nitrogen and oxygen atoms in total. The smallest absolute Gasteiger partial charge is 0.323 e. The van der Waals surface area contributed by atoms with Gasteiger partial charge in [0.25, 0.3) is 5.91 Å². The number of likely N-dealkylation sites (N-methyl/N-ethyl adjacent to an activating group) is 1. The Morgan fingerprint density at radius 1 is 1.21 bits per heavy atom. The molecular weight excluding hydrogens is 444 g/mol. The fourth-order valence-corrected chi connectivity index (χ4v) is 3.77. The summed E-state index contributed by atoms with van der Waals surface area (Å²) in [6.45, 7) is 5.70. The number of nitrogens with one attached hydrogen (secondary N) is 3. The van der Waals surface area contributed by atoms with Crippen LogP contribution < -0.4 is 20.7 Å². The van der Waals surface area contributed by atoms with E-state index in [1.165, 1.54) is 0 Å². The lowest BCUT2D eigenvalue weighted by Gasteiger charge is -2.30. The molecule has 0 radical (unpaired) electrons. The van der Waals surface area contributed by atoms with Crippen molar-refractivity contribution in [3.05, 3.63) is 53.1 Å². The molecule has 0 unspecified atom stereocenters. The van der Waals surface area contributed by atoms with Gasteiger partial charge >= 0.3 is 6.03 Å². The molecule has 1 aliphatic rings. The van der Waals surface area contributed by atoms with E-state index in [2.05, 4.69) is 22.9 Å². The van der Waals surface area contributed by atoms with E-state index in [9.17, 15) is 9.59 Å². The van der Waals surface area contributed by atoms with E-state index in [1.54, 1.807) is 61.5 Å². The Morgan fingerprint density at radius 3 is 2.70 bits per heavy atom. The maximum absolute atomic E-state index is 13.3. The lowest BCUT2D eigenvalue weighted by molar-refractivity contribution is 0.0281. The Morgan fingerprint density at radius 2 is 1.97 bits per heavy atom. The van der Waals surface area contributed by atoms with Gasteiger partial charge in [0, 0.05) is 39.0 Å². The van der Waals surface area contributed by atoms with Crippen LogP contribution >= 0.6 is 11.6 Å². The predicted octanol–water partition coefficient (Wildman–Crippen LogP) is 4.08. The molecule has 2 aromatic rings. The highest BCUT2D eigenvalue weighted by atomic mass is 35.5. The van der Waals surface area contributed by atoms with Crippen LogP contribution in [0.4, 0.5) is 16.2 Å². The Kier molecular flexibility index (Phi) is 8.55. The van der Waals surface area contributed by atoms with Gasteiger partial charge in [-0.1, -0.05) is 30.7 Å². The number of amides is 3. The van der Waals surface area contributed by atoms with Crippen LogP contribution in [0, 0.1) is 5.92 Å². The van der Waals surface area contributed by atoms with Gasteiger partial charge in [-0.3, -0.25) is 4.79 Å². The van der Waals surface area contributed by atoms with Gasteiger partial charge in [-0.15, -0.1) is 0 Å². The monoisotopic (exact) mass is 474 g/mol. The molecule has 3 rings (SSSR count). The first-order valence-corrected chi connectivity index (χ1v) is 11.3. The third-order valence-corrected chi connectivity index (χ3v) is 5.93. The van der Waals surface area contributed by atoms with Crippen LogP contribution in [0.2, 0.25) is 5.02 Å². The number of hydrogen-bond acceptors (Lipinski definition) is 5. The van der Waals surface area contributed by atoms with Gasteiger partial charge in [0.15, 0.2) is 0 Å². The van der Waals surface area contributed by atoms with Crippen molar-refractivity contribution in [2.75, 3.05) is 44.5 Å². The van der Waals surface area contributed by atoms with Crippen LogP contribution in [0.5, 0.6) is 5.75 Å². The SMILES string of the molecule is CO[C@@H]1CN(C)C(=O)c2cc(NC(=O)Nc3ccccc3Cl)ccc2OC[C@H](C)NC[C@H]1C. The minimum absolute atomic E-state index is 0.0873. The zero-order valence-electron chi connectivity index (χ0n) is 19.4. The number of para-hydroxylation sites is 1. The molecule has 1 aliphatic heterocycles. The van der Waals surface area contributed by atoms with Crippen molar-refractivity contribution >= 4 is 34.9 Å². The number of carbonyl (C=O) groups is 2. The van der Waals surface area contributed by atoms with Crippen molar-refractivity contribution in [2.45, 2.75) is 26.0 Å². The van der Waals surface area contributed by atoms with Gasteiger partial charge in [0.2, 0.25) is 0 Å². The summed E-state index contributed by atoms with van der Waals surface area (Å²) < 4.78 is 11.6. The average Bonchev–Trinajstić information content (AvgIpc) is 2.80. The zero-order chi connectivity index (χ0) is 24.0. The summed E-state index contributed by atoms with van der Waals surface area (Å²) in [5.74, 6) is 0.448. The van der Waals surface area contributed by atoms with Crippen LogP contribution in [0.15, 0.2) is 42.5 Å². The number of benzene rings is 2. The lowest BCUT2D eigenvalue weighted by Crippen LogP contribution is -2.44. The average molecular weight is 475 g/mol. The second-order valence-electron chi connectivity index (χ2n) is 8.33. The second-order valence-corrected chi connectivity index (χ2v) is 8.73. The summed E-state index contributed by atoms with van der Waals surface area (Å²) in [5, 5.41) is 9.34. The quantitative estimate of drug-likeness (QED) is 0.623. The van der Waals surface area contributed by atoms with Crippen LogP contribution in [-0.4, -0.2) is 62.8 Å². The first-order valence-electron chi connectivity index (χ1n) is 10.9. The van der Waals surface area contributed by atoms with Crippen LogP contribution in [0.3, 0.4) is 0 Å². The highest BCUT2D eigenvalue weighted by molar-refractivity contribution is 6.33. The topological polar surface area (TPSA) is 91.9 Å². The number of methoxy groups -OCH3 is 1. The van der Waals surface area contributed by atoms with Gasteiger partial charge in [-0.05, 0) is 43.2 Å². The summed E-state index contributed by atoms with van der Waals surface area (Å²) >= 11 is 6.11. The molecule has 178 valence electrons. The second kappa shape index (κ2) is 11.4. The van der Waals surface area contributed by atoms with Gasteiger partial charge in [-0.25, -0.2) is 4.79 Å². The molecule has 0 spiro atoms. The van der Waals surface area contributed by atoms with Crippen molar-refractivity contribution in [1.82, 2.24) is 10.2 Å². The van der Waals surface area contributed by atoms with Gasteiger partial charge in [0.1, 0.15) is 12.4 Å². The molecule has 9 heteroatoms.